The first-order chi connectivity index (χ1) is 11.4. The van der Waals surface area contributed by atoms with E-state index in [1.165, 1.54) is 0 Å². The summed E-state index contributed by atoms with van der Waals surface area (Å²) in [5.41, 5.74) is 2.47. The van der Waals surface area contributed by atoms with Gasteiger partial charge in [0, 0.05) is 22.8 Å². The van der Waals surface area contributed by atoms with Crippen molar-refractivity contribution in [3.8, 4) is 11.1 Å². The second-order valence-electron chi connectivity index (χ2n) is 6.80. The van der Waals surface area contributed by atoms with Crippen molar-refractivity contribution >= 4 is 17.2 Å². The number of rotatable bonds is 3. The quantitative estimate of drug-likeness (QED) is 0.591. The summed E-state index contributed by atoms with van der Waals surface area (Å²) >= 11 is 0. The zero-order valence-corrected chi connectivity index (χ0v) is 14.0. The van der Waals surface area contributed by atoms with Gasteiger partial charge in [0.15, 0.2) is 0 Å². The standard InChI is InChI=1S/C20H20N2O2/c1-20(2,3)21-19(24)18(23)17-16(14-9-5-4-6-10-14)13-15-11-7-8-12-22(15)17/h4-13H,1-3H3,(H,21,24). The zero-order chi connectivity index (χ0) is 17.3. The molecule has 4 heteroatoms. The molecule has 0 fully saturated rings. The number of carbonyl (C=O) groups is 2. The molecule has 2 heterocycles. The Kier molecular flexibility index (Phi) is 3.97. The highest BCUT2D eigenvalue weighted by Crippen LogP contribution is 2.28. The molecule has 0 saturated carbocycles. The lowest BCUT2D eigenvalue weighted by Crippen LogP contribution is -2.44. The van der Waals surface area contributed by atoms with Crippen molar-refractivity contribution in [2.45, 2.75) is 26.3 Å². The Balaban J connectivity index is 2.15. The number of nitrogens with one attached hydrogen (secondary N) is 1. The third-order valence-electron chi connectivity index (χ3n) is 3.67. The maximum atomic E-state index is 12.9. The van der Waals surface area contributed by atoms with Gasteiger partial charge in [-0.1, -0.05) is 36.4 Å². The minimum absolute atomic E-state index is 0.388. The number of hydrogen-bond donors (Lipinski definition) is 1. The Morgan fingerprint density at radius 1 is 0.958 bits per heavy atom. The lowest BCUT2D eigenvalue weighted by atomic mass is 10.0. The first kappa shape index (κ1) is 16.0. The molecule has 3 rings (SSSR count). The molecule has 4 nitrogen and oxygen atoms in total. The van der Waals surface area contributed by atoms with Crippen molar-refractivity contribution in [3.05, 3.63) is 66.5 Å². The molecule has 0 aliphatic carbocycles. The van der Waals surface area contributed by atoms with Crippen LogP contribution in [0.4, 0.5) is 0 Å². The van der Waals surface area contributed by atoms with Gasteiger partial charge in [0.2, 0.25) is 0 Å². The van der Waals surface area contributed by atoms with Crippen LogP contribution < -0.4 is 5.32 Å². The Labute approximate surface area is 141 Å². The number of carbonyl (C=O) groups excluding carboxylic acids is 2. The van der Waals surface area contributed by atoms with Gasteiger partial charge in [0.1, 0.15) is 5.69 Å². The number of pyridine rings is 1. The van der Waals surface area contributed by atoms with E-state index in [1.807, 2.05) is 75.4 Å². The van der Waals surface area contributed by atoms with Gasteiger partial charge in [-0.3, -0.25) is 9.59 Å². The normalized spacial score (nSPS) is 11.5. The number of amides is 1. The van der Waals surface area contributed by atoms with Crippen LogP contribution in [-0.2, 0) is 4.79 Å². The SMILES string of the molecule is CC(C)(C)NC(=O)C(=O)c1c(-c2ccccc2)cc2ccccn12. The van der Waals surface area contributed by atoms with Crippen LogP contribution in [-0.4, -0.2) is 21.6 Å². The second-order valence-corrected chi connectivity index (χ2v) is 6.80. The summed E-state index contributed by atoms with van der Waals surface area (Å²) in [6, 6.07) is 17.3. The molecule has 2 aromatic heterocycles. The molecule has 0 atom stereocenters. The largest absolute Gasteiger partial charge is 0.345 e. The van der Waals surface area contributed by atoms with E-state index in [4.69, 9.17) is 0 Å². The Hall–Kier alpha value is -2.88. The molecule has 0 saturated heterocycles. The van der Waals surface area contributed by atoms with E-state index in [-0.39, 0.29) is 0 Å². The maximum Gasteiger partial charge on any atom is 0.294 e. The molecule has 0 aliphatic heterocycles. The molecule has 1 N–H and O–H groups in total. The number of benzene rings is 1. The highest BCUT2D eigenvalue weighted by Gasteiger charge is 2.27. The lowest BCUT2D eigenvalue weighted by Gasteiger charge is -2.20. The minimum atomic E-state index is -0.594. The summed E-state index contributed by atoms with van der Waals surface area (Å²) in [7, 11) is 0. The van der Waals surface area contributed by atoms with E-state index >= 15 is 0 Å². The topological polar surface area (TPSA) is 50.6 Å². The van der Waals surface area contributed by atoms with Gasteiger partial charge in [-0.15, -0.1) is 0 Å². The minimum Gasteiger partial charge on any atom is -0.345 e. The van der Waals surface area contributed by atoms with Crippen LogP contribution in [0, 0.1) is 0 Å². The third kappa shape index (κ3) is 3.08. The second kappa shape index (κ2) is 5.96. The number of ketones is 1. The van der Waals surface area contributed by atoms with Crippen molar-refractivity contribution in [1.82, 2.24) is 9.72 Å². The van der Waals surface area contributed by atoms with Crippen molar-refractivity contribution in [3.63, 3.8) is 0 Å². The van der Waals surface area contributed by atoms with E-state index in [9.17, 15) is 9.59 Å². The number of aromatic nitrogens is 1. The average Bonchev–Trinajstić information content (AvgIpc) is 2.92. The van der Waals surface area contributed by atoms with Gasteiger partial charge in [-0.2, -0.15) is 0 Å². The fourth-order valence-electron chi connectivity index (χ4n) is 2.70. The highest BCUT2D eigenvalue weighted by molar-refractivity contribution is 6.43. The summed E-state index contributed by atoms with van der Waals surface area (Å²) in [4.78, 5) is 25.3. The van der Waals surface area contributed by atoms with Crippen LogP contribution in [0.2, 0.25) is 0 Å². The summed E-state index contributed by atoms with van der Waals surface area (Å²) < 4.78 is 1.77. The van der Waals surface area contributed by atoms with Crippen molar-refractivity contribution in [1.29, 1.82) is 0 Å². The van der Waals surface area contributed by atoms with Crippen LogP contribution >= 0.6 is 0 Å². The average molecular weight is 320 g/mol. The lowest BCUT2D eigenvalue weighted by molar-refractivity contribution is -0.118. The fraction of sp³-hybridized carbons (Fsp3) is 0.200. The van der Waals surface area contributed by atoms with Crippen LogP contribution in [0.15, 0.2) is 60.8 Å². The Morgan fingerprint density at radius 2 is 1.62 bits per heavy atom. The Morgan fingerprint density at radius 3 is 2.29 bits per heavy atom. The van der Waals surface area contributed by atoms with Crippen LogP contribution in [0.3, 0.4) is 0 Å². The number of fused-ring (bicyclic) bond motifs is 1. The van der Waals surface area contributed by atoms with E-state index in [1.54, 1.807) is 10.6 Å². The molecule has 0 bridgehead atoms. The molecule has 0 unspecified atom stereocenters. The summed E-state index contributed by atoms with van der Waals surface area (Å²) in [5.74, 6) is -1.13. The molecular formula is C20H20N2O2. The molecular weight excluding hydrogens is 300 g/mol. The monoisotopic (exact) mass is 320 g/mol. The molecule has 3 aromatic rings. The number of Topliss-reactive ketones (excluding diaryl/α,β-unsaturated/α-hetero) is 1. The fourth-order valence-corrected chi connectivity index (χ4v) is 2.70. The smallest absolute Gasteiger partial charge is 0.294 e. The first-order valence-corrected chi connectivity index (χ1v) is 7.89. The molecule has 0 aliphatic rings. The van der Waals surface area contributed by atoms with Crippen LogP contribution in [0.1, 0.15) is 31.3 Å². The van der Waals surface area contributed by atoms with Gasteiger partial charge in [0.25, 0.3) is 11.7 Å². The van der Waals surface area contributed by atoms with Crippen molar-refractivity contribution in [2.24, 2.45) is 0 Å². The van der Waals surface area contributed by atoms with Crippen molar-refractivity contribution in [2.75, 3.05) is 0 Å². The van der Waals surface area contributed by atoms with E-state index < -0.39 is 17.2 Å². The zero-order valence-electron chi connectivity index (χ0n) is 14.0. The predicted molar refractivity (Wildman–Crippen MR) is 95.1 cm³/mol. The van der Waals surface area contributed by atoms with Crippen LogP contribution in [0.5, 0.6) is 0 Å². The van der Waals surface area contributed by atoms with Gasteiger partial charge in [-0.05, 0) is 44.5 Å². The van der Waals surface area contributed by atoms with E-state index in [2.05, 4.69) is 5.32 Å². The van der Waals surface area contributed by atoms with Crippen LogP contribution in [0.25, 0.3) is 16.6 Å². The highest BCUT2D eigenvalue weighted by atomic mass is 16.2. The number of hydrogen-bond acceptors (Lipinski definition) is 2. The summed E-state index contributed by atoms with van der Waals surface area (Å²) in [6.45, 7) is 5.56. The molecule has 1 aromatic carbocycles. The number of nitrogens with zero attached hydrogens (tertiary/aromatic N) is 1. The Bertz CT molecular complexity index is 902. The molecule has 1 amide bonds. The van der Waals surface area contributed by atoms with Gasteiger partial charge >= 0.3 is 0 Å². The molecule has 0 spiro atoms. The third-order valence-corrected chi connectivity index (χ3v) is 3.67. The predicted octanol–water partition coefficient (Wildman–Crippen LogP) is 3.70. The van der Waals surface area contributed by atoms with Gasteiger partial charge in [0.05, 0.1) is 0 Å². The molecule has 0 radical (unpaired) electrons. The van der Waals surface area contributed by atoms with Crippen molar-refractivity contribution < 1.29 is 9.59 Å². The maximum absolute atomic E-state index is 12.9. The summed E-state index contributed by atoms with van der Waals surface area (Å²) in [6.07, 6.45) is 1.80. The van der Waals surface area contributed by atoms with Gasteiger partial charge in [-0.25, -0.2) is 0 Å². The van der Waals surface area contributed by atoms with E-state index in [0.29, 0.717) is 5.69 Å². The molecule has 122 valence electrons. The first-order valence-electron chi connectivity index (χ1n) is 7.89. The summed E-state index contributed by atoms with van der Waals surface area (Å²) in [5, 5.41) is 2.75. The van der Waals surface area contributed by atoms with E-state index in [0.717, 1.165) is 16.6 Å². The van der Waals surface area contributed by atoms with Gasteiger partial charge < -0.3 is 9.72 Å². The molecule has 24 heavy (non-hydrogen) atoms.